The Morgan fingerprint density at radius 2 is 1.40 bits per heavy atom. The predicted octanol–water partition coefficient (Wildman–Crippen LogP) is 6.08. The summed E-state index contributed by atoms with van der Waals surface area (Å²) in [5, 5.41) is 7.18. The molecule has 256 valence electrons. The van der Waals surface area contributed by atoms with E-state index in [0.29, 0.717) is 44.9 Å². The van der Waals surface area contributed by atoms with Crippen LogP contribution in [0.15, 0.2) is 77.0 Å². The summed E-state index contributed by atoms with van der Waals surface area (Å²) < 4.78 is 26.0. The third-order valence-electron chi connectivity index (χ3n) is 9.24. The summed E-state index contributed by atoms with van der Waals surface area (Å²) >= 11 is 0. The number of amides is 2. The average molecular weight is 669 g/mol. The molecule has 2 N–H and O–H groups in total. The number of carbonyl (C=O) groups is 2. The van der Waals surface area contributed by atoms with E-state index in [1.165, 1.54) is 6.08 Å². The van der Waals surface area contributed by atoms with E-state index in [4.69, 9.17) is 19.6 Å². The molecule has 0 aromatic heterocycles. The van der Waals surface area contributed by atoms with Crippen LogP contribution in [-0.4, -0.2) is 43.9 Å². The highest BCUT2D eigenvalue weighted by molar-refractivity contribution is 7.94. The molecule has 2 aliphatic carbocycles. The molecule has 10 nitrogen and oxygen atoms in total. The van der Waals surface area contributed by atoms with Crippen molar-refractivity contribution >= 4 is 21.7 Å². The molecule has 2 aromatic carbocycles. The fraction of sp³-hybridized carbons (Fsp3) is 0.556. The van der Waals surface area contributed by atoms with Gasteiger partial charge in [0, 0.05) is 43.1 Å². The monoisotopic (exact) mass is 668 g/mol. The predicted molar refractivity (Wildman–Crippen MR) is 176 cm³/mol. The molecule has 0 bridgehead atoms. The van der Waals surface area contributed by atoms with Gasteiger partial charge in [0.15, 0.2) is 9.84 Å². The van der Waals surface area contributed by atoms with Crippen LogP contribution in [0, 0.1) is 11.8 Å². The third-order valence-corrected chi connectivity index (χ3v) is 10.7. The number of benzene rings is 2. The minimum atomic E-state index is -3.71. The molecule has 1 heterocycles. The first-order chi connectivity index (χ1) is 22.6. The van der Waals surface area contributed by atoms with Crippen molar-refractivity contribution in [3.63, 3.8) is 0 Å². The zero-order valence-corrected chi connectivity index (χ0v) is 28.2. The Kier molecular flexibility index (Phi) is 11.9. The third kappa shape index (κ3) is 9.73. The largest absolute Gasteiger partial charge is 0.348 e. The van der Waals surface area contributed by atoms with E-state index in [0.717, 1.165) is 43.1 Å². The van der Waals surface area contributed by atoms with Crippen molar-refractivity contribution < 1.29 is 37.6 Å². The zero-order chi connectivity index (χ0) is 33.3. The van der Waals surface area contributed by atoms with Crippen LogP contribution < -0.4 is 10.6 Å². The molecular formula is C36H48N2O8S. The Labute approximate surface area is 278 Å². The maximum absolute atomic E-state index is 13.7. The van der Waals surface area contributed by atoms with Crippen LogP contribution in [0.5, 0.6) is 0 Å². The summed E-state index contributed by atoms with van der Waals surface area (Å²) in [6, 6.07) is 16.6. The average Bonchev–Trinajstić information content (AvgIpc) is 3.08. The molecule has 1 aliphatic heterocycles. The van der Waals surface area contributed by atoms with Crippen molar-refractivity contribution in [3.05, 3.63) is 77.7 Å². The summed E-state index contributed by atoms with van der Waals surface area (Å²) in [5.41, 5.74) is 1.07. The highest BCUT2D eigenvalue weighted by Crippen LogP contribution is 2.45. The quantitative estimate of drug-likeness (QED) is 0.261. The summed E-state index contributed by atoms with van der Waals surface area (Å²) in [4.78, 5) is 50.4. The van der Waals surface area contributed by atoms with Crippen LogP contribution in [0.2, 0.25) is 0 Å². The van der Waals surface area contributed by atoms with E-state index in [2.05, 4.69) is 10.6 Å². The second-order valence-corrected chi connectivity index (χ2v) is 15.3. The summed E-state index contributed by atoms with van der Waals surface area (Å²) in [6.45, 7) is 3.99. The van der Waals surface area contributed by atoms with Crippen molar-refractivity contribution in [2.45, 2.75) is 119 Å². The molecule has 3 fully saturated rings. The minimum Gasteiger partial charge on any atom is -0.348 e. The molecule has 0 unspecified atom stereocenters. The summed E-state index contributed by atoms with van der Waals surface area (Å²) in [7, 11) is -3.71. The topological polar surface area (TPSA) is 129 Å². The van der Waals surface area contributed by atoms with Gasteiger partial charge in [-0.15, -0.1) is 0 Å². The smallest absolute Gasteiger partial charge is 0.243 e. The van der Waals surface area contributed by atoms with Crippen LogP contribution in [-0.2, 0) is 45.4 Å². The van der Waals surface area contributed by atoms with Crippen LogP contribution in [0.1, 0.15) is 90.0 Å². The lowest BCUT2D eigenvalue weighted by Gasteiger charge is -2.46. The van der Waals surface area contributed by atoms with E-state index >= 15 is 0 Å². The van der Waals surface area contributed by atoms with Gasteiger partial charge in [-0.2, -0.15) is 19.6 Å². The van der Waals surface area contributed by atoms with Gasteiger partial charge in [0.25, 0.3) is 0 Å². The van der Waals surface area contributed by atoms with Crippen LogP contribution in [0.3, 0.4) is 0 Å². The lowest BCUT2D eigenvalue weighted by atomic mass is 9.84. The van der Waals surface area contributed by atoms with Gasteiger partial charge in [0.2, 0.25) is 23.4 Å². The number of carbonyl (C=O) groups excluding carboxylic acids is 2. The fourth-order valence-electron chi connectivity index (χ4n) is 6.42. The van der Waals surface area contributed by atoms with E-state index in [1.807, 2.05) is 44.2 Å². The first-order valence-corrected chi connectivity index (χ1v) is 18.5. The summed E-state index contributed by atoms with van der Waals surface area (Å²) in [6.07, 6.45) is 9.45. The zero-order valence-electron chi connectivity index (χ0n) is 27.4. The van der Waals surface area contributed by atoms with E-state index in [9.17, 15) is 18.0 Å². The highest BCUT2D eigenvalue weighted by atomic mass is 32.2. The molecule has 5 rings (SSSR count). The summed E-state index contributed by atoms with van der Waals surface area (Å²) in [5.74, 6) is -2.63. The van der Waals surface area contributed by atoms with Gasteiger partial charge in [-0.25, -0.2) is 8.42 Å². The van der Waals surface area contributed by atoms with Crippen molar-refractivity contribution in [2.75, 3.05) is 0 Å². The molecule has 47 heavy (non-hydrogen) atoms. The molecule has 2 atom stereocenters. The van der Waals surface area contributed by atoms with Crippen molar-refractivity contribution in [3.8, 4) is 0 Å². The Hall–Kier alpha value is -3.09. The van der Waals surface area contributed by atoms with Crippen molar-refractivity contribution in [1.82, 2.24) is 10.6 Å². The van der Waals surface area contributed by atoms with Gasteiger partial charge in [-0.1, -0.05) is 74.9 Å². The first kappa shape index (κ1) is 35.2. The van der Waals surface area contributed by atoms with Crippen LogP contribution >= 0.6 is 0 Å². The van der Waals surface area contributed by atoms with Crippen molar-refractivity contribution in [2.24, 2.45) is 11.8 Å². The number of hydrogen-bond acceptors (Lipinski definition) is 8. The number of nitrogens with one attached hydrogen (secondary N) is 2. The Bertz CT molecular complexity index is 1440. The SMILES string of the molecule is CC(C)C[C@H](NC(=O)C1CCC2(CC1)OOC1(CCCCC1)OO2)C(=O)N[C@H](/C=C/S(=O)(=O)c1ccccc1)CCc1ccccc1. The molecule has 1 saturated heterocycles. The Morgan fingerprint density at radius 1 is 0.830 bits per heavy atom. The van der Waals surface area contributed by atoms with Gasteiger partial charge in [-0.3, -0.25) is 9.59 Å². The fourth-order valence-corrected chi connectivity index (χ4v) is 7.51. The van der Waals surface area contributed by atoms with E-state index < -0.39 is 33.5 Å². The normalized spacial score (nSPS) is 21.1. The molecule has 2 amide bonds. The molecule has 3 aliphatic rings. The van der Waals surface area contributed by atoms with Crippen LogP contribution in [0.4, 0.5) is 0 Å². The molecule has 2 aromatic rings. The molecule has 0 radical (unpaired) electrons. The maximum Gasteiger partial charge on any atom is 0.243 e. The number of rotatable bonds is 12. The van der Waals surface area contributed by atoms with Gasteiger partial charge in [0.05, 0.1) is 4.90 Å². The highest BCUT2D eigenvalue weighted by Gasteiger charge is 2.51. The lowest BCUT2D eigenvalue weighted by molar-refractivity contribution is -0.662. The molecule has 2 spiro atoms. The number of sulfone groups is 1. The van der Waals surface area contributed by atoms with Gasteiger partial charge < -0.3 is 10.6 Å². The second kappa shape index (κ2) is 15.9. The van der Waals surface area contributed by atoms with E-state index in [1.54, 1.807) is 30.3 Å². The standard InChI is InChI=1S/C36H48N2O8S/c1-27(2)26-32(38-33(39)29-18-23-36(24-19-29)45-43-35(44-46-36)21-10-5-11-22-35)34(40)37-30(17-16-28-12-6-3-7-13-28)20-25-47(41,42)31-14-8-4-9-15-31/h3-4,6-9,12-15,20,25,27,29-30,32H,5,10-11,16-19,21-24,26H2,1-2H3,(H,37,40)(H,38,39)/b25-20+/t30-,32-/m0/s1. The number of hydrogen-bond donors (Lipinski definition) is 2. The number of aryl methyl sites for hydroxylation is 1. The molecule has 2 saturated carbocycles. The van der Waals surface area contributed by atoms with E-state index in [-0.39, 0.29) is 28.5 Å². The Morgan fingerprint density at radius 3 is 2.00 bits per heavy atom. The van der Waals surface area contributed by atoms with Crippen molar-refractivity contribution in [1.29, 1.82) is 0 Å². The van der Waals surface area contributed by atoms with Gasteiger partial charge in [-0.05, 0) is 68.6 Å². The van der Waals surface area contributed by atoms with Gasteiger partial charge in [0.1, 0.15) is 6.04 Å². The maximum atomic E-state index is 13.7. The molecular weight excluding hydrogens is 620 g/mol. The molecule has 11 heteroatoms. The van der Waals surface area contributed by atoms with Crippen LogP contribution in [0.25, 0.3) is 0 Å². The second-order valence-electron chi connectivity index (χ2n) is 13.5. The van der Waals surface area contributed by atoms with Gasteiger partial charge >= 0.3 is 0 Å². The first-order valence-electron chi connectivity index (χ1n) is 16.9. The minimum absolute atomic E-state index is 0.128. The lowest BCUT2D eigenvalue weighted by Crippen LogP contribution is -2.54. The Balaban J connectivity index is 1.21.